The zero-order valence-electron chi connectivity index (χ0n) is 12.4. The minimum Gasteiger partial charge on any atom is -0.333 e. The van der Waals surface area contributed by atoms with Gasteiger partial charge in [0.1, 0.15) is 6.54 Å². The van der Waals surface area contributed by atoms with Crippen molar-refractivity contribution in [3.05, 3.63) is 33.3 Å². The molecule has 1 aliphatic rings. The molecule has 0 aliphatic carbocycles. The number of rotatable bonds is 3. The third-order valence-electron chi connectivity index (χ3n) is 3.49. The van der Waals surface area contributed by atoms with E-state index in [1.165, 1.54) is 4.90 Å². The van der Waals surface area contributed by atoms with Gasteiger partial charge in [-0.15, -0.1) is 0 Å². The largest absolute Gasteiger partial charge is 0.333 e. The molecule has 0 aromatic heterocycles. The molecular weight excluding hydrogens is 386 g/mol. The number of halogens is 2. The van der Waals surface area contributed by atoms with Crippen molar-refractivity contribution in [2.75, 3.05) is 13.1 Å². The molecule has 1 saturated heterocycles. The lowest BCUT2D eigenvalue weighted by Crippen LogP contribution is -2.47. The van der Waals surface area contributed by atoms with Crippen molar-refractivity contribution in [1.29, 1.82) is 0 Å². The molecule has 1 aromatic carbocycles. The molecule has 1 aromatic rings. The summed E-state index contributed by atoms with van der Waals surface area (Å²) in [5, 5.41) is 0.280. The molecule has 0 radical (unpaired) electrons. The van der Waals surface area contributed by atoms with Crippen molar-refractivity contribution in [1.82, 2.24) is 15.8 Å². The molecule has 2 N–H and O–H groups in total. The summed E-state index contributed by atoms with van der Waals surface area (Å²) in [6, 6.07) is 4.85. The number of carbonyl (C=O) groups is 3. The Morgan fingerprint density at radius 3 is 2.78 bits per heavy atom. The fraction of sp³-hybridized carbons (Fsp3) is 0.400. The fourth-order valence-electron chi connectivity index (χ4n) is 2.28. The number of hydrazine groups is 1. The Kier molecular flexibility index (Phi) is 6.41. The molecule has 0 unspecified atom stereocenters. The quantitative estimate of drug-likeness (QED) is 0.761. The predicted molar refractivity (Wildman–Crippen MR) is 89.8 cm³/mol. The highest BCUT2D eigenvalue weighted by molar-refractivity contribution is 9.10. The third kappa shape index (κ3) is 5.21. The van der Waals surface area contributed by atoms with Crippen molar-refractivity contribution < 1.29 is 14.4 Å². The monoisotopic (exact) mass is 401 g/mol. The van der Waals surface area contributed by atoms with Gasteiger partial charge >= 0.3 is 0 Å². The highest BCUT2D eigenvalue weighted by atomic mass is 79.9. The van der Waals surface area contributed by atoms with Crippen molar-refractivity contribution >= 4 is 45.3 Å². The normalized spacial score (nSPS) is 15.0. The second kappa shape index (κ2) is 8.31. The van der Waals surface area contributed by atoms with E-state index in [2.05, 4.69) is 26.8 Å². The zero-order chi connectivity index (χ0) is 16.8. The number of likely N-dealkylation sites (tertiary alicyclic amines) is 1. The lowest BCUT2D eigenvalue weighted by molar-refractivity contribution is -0.135. The first-order valence-corrected chi connectivity index (χ1v) is 8.46. The second-order valence-corrected chi connectivity index (χ2v) is 6.58. The van der Waals surface area contributed by atoms with Crippen LogP contribution in [0.1, 0.15) is 36.0 Å². The summed E-state index contributed by atoms with van der Waals surface area (Å²) in [4.78, 5) is 37.3. The van der Waals surface area contributed by atoms with Crippen LogP contribution < -0.4 is 10.9 Å². The highest BCUT2D eigenvalue weighted by Crippen LogP contribution is 2.20. The number of nitrogens with one attached hydrogen (secondary N) is 2. The van der Waals surface area contributed by atoms with E-state index in [9.17, 15) is 14.4 Å². The maximum Gasteiger partial charge on any atom is 0.271 e. The molecule has 23 heavy (non-hydrogen) atoms. The first kappa shape index (κ1) is 17.7. The highest BCUT2D eigenvalue weighted by Gasteiger charge is 2.19. The number of carbonyl (C=O) groups excluding carboxylic acids is 3. The van der Waals surface area contributed by atoms with Crippen LogP contribution in [0.25, 0.3) is 0 Å². The molecule has 0 saturated carbocycles. The van der Waals surface area contributed by atoms with Gasteiger partial charge in [-0.25, -0.2) is 0 Å². The van der Waals surface area contributed by atoms with Crippen LogP contribution in [0.4, 0.5) is 0 Å². The molecule has 3 amide bonds. The second-order valence-electron chi connectivity index (χ2n) is 5.25. The van der Waals surface area contributed by atoms with Crippen LogP contribution in [0, 0.1) is 0 Å². The van der Waals surface area contributed by atoms with Crippen molar-refractivity contribution in [2.45, 2.75) is 25.7 Å². The Labute approximate surface area is 147 Å². The van der Waals surface area contributed by atoms with Gasteiger partial charge in [-0.3, -0.25) is 25.2 Å². The van der Waals surface area contributed by atoms with Crippen molar-refractivity contribution in [3.63, 3.8) is 0 Å². The Morgan fingerprint density at radius 1 is 1.22 bits per heavy atom. The van der Waals surface area contributed by atoms with E-state index in [1.807, 2.05) is 0 Å². The van der Waals surface area contributed by atoms with Gasteiger partial charge in [0.2, 0.25) is 5.91 Å². The Morgan fingerprint density at radius 2 is 2.00 bits per heavy atom. The molecular formula is C15H17BrClN3O3. The van der Waals surface area contributed by atoms with Gasteiger partial charge in [0, 0.05) is 17.4 Å². The van der Waals surface area contributed by atoms with E-state index in [0.29, 0.717) is 17.4 Å². The van der Waals surface area contributed by atoms with Gasteiger partial charge in [-0.1, -0.05) is 34.0 Å². The smallest absolute Gasteiger partial charge is 0.271 e. The van der Waals surface area contributed by atoms with Crippen molar-refractivity contribution in [2.24, 2.45) is 0 Å². The standard InChI is InChI=1S/C15H17BrClN3O3/c16-10-5-6-12(17)11(8-10)15(23)19-18-13(21)9-20-7-3-1-2-4-14(20)22/h5-6,8H,1-4,7,9H2,(H,18,21)(H,19,23). The van der Waals surface area contributed by atoms with E-state index in [0.717, 1.165) is 19.3 Å². The summed E-state index contributed by atoms with van der Waals surface area (Å²) in [5.41, 5.74) is 4.86. The molecule has 6 nitrogen and oxygen atoms in total. The van der Waals surface area contributed by atoms with Crippen LogP contribution in [0.5, 0.6) is 0 Å². The molecule has 8 heteroatoms. The van der Waals surface area contributed by atoms with Gasteiger partial charge < -0.3 is 4.90 Å². The molecule has 1 heterocycles. The van der Waals surface area contributed by atoms with Gasteiger partial charge in [0.15, 0.2) is 0 Å². The van der Waals surface area contributed by atoms with E-state index >= 15 is 0 Å². The van der Waals surface area contributed by atoms with E-state index in [-0.39, 0.29) is 23.0 Å². The number of amides is 3. The first-order chi connectivity index (χ1) is 11.0. The summed E-state index contributed by atoms with van der Waals surface area (Å²) in [6.45, 7) is 0.503. The average Bonchev–Trinajstić information content (AvgIpc) is 2.72. The minimum atomic E-state index is -0.521. The van der Waals surface area contributed by atoms with Crippen LogP contribution in [-0.4, -0.2) is 35.7 Å². The summed E-state index contributed by atoms with van der Waals surface area (Å²) < 4.78 is 0.702. The van der Waals surface area contributed by atoms with Crippen LogP contribution >= 0.6 is 27.5 Å². The van der Waals surface area contributed by atoms with E-state index in [1.54, 1.807) is 18.2 Å². The third-order valence-corrected chi connectivity index (χ3v) is 4.32. The van der Waals surface area contributed by atoms with Gasteiger partial charge in [-0.05, 0) is 31.0 Å². The van der Waals surface area contributed by atoms with Gasteiger partial charge in [-0.2, -0.15) is 0 Å². The molecule has 0 spiro atoms. The maximum atomic E-state index is 12.0. The maximum absolute atomic E-state index is 12.0. The average molecular weight is 403 g/mol. The molecule has 0 bridgehead atoms. The molecule has 124 valence electrons. The fourth-order valence-corrected chi connectivity index (χ4v) is 2.85. The Hall–Kier alpha value is -1.60. The predicted octanol–water partition coefficient (Wildman–Crippen LogP) is 2.27. The minimum absolute atomic E-state index is 0.0287. The molecule has 0 atom stereocenters. The van der Waals surface area contributed by atoms with Gasteiger partial charge in [0.25, 0.3) is 11.8 Å². The number of hydrogen-bond donors (Lipinski definition) is 2. The van der Waals surface area contributed by atoms with Crippen LogP contribution in [-0.2, 0) is 9.59 Å². The van der Waals surface area contributed by atoms with Crippen LogP contribution in [0.3, 0.4) is 0 Å². The number of benzene rings is 1. The Bertz CT molecular complexity index is 624. The Balaban J connectivity index is 1.87. The van der Waals surface area contributed by atoms with E-state index < -0.39 is 11.8 Å². The van der Waals surface area contributed by atoms with Crippen molar-refractivity contribution in [3.8, 4) is 0 Å². The lowest BCUT2D eigenvalue weighted by atomic mass is 10.2. The summed E-state index contributed by atoms with van der Waals surface area (Å²) in [5.74, 6) is -0.995. The SMILES string of the molecule is O=C(CN1CCCCCC1=O)NNC(=O)c1cc(Br)ccc1Cl. The number of hydrogen-bond acceptors (Lipinski definition) is 3. The molecule has 2 rings (SSSR count). The number of nitrogens with zero attached hydrogens (tertiary/aromatic N) is 1. The van der Waals surface area contributed by atoms with Crippen LogP contribution in [0.2, 0.25) is 5.02 Å². The lowest BCUT2D eigenvalue weighted by Gasteiger charge is -2.19. The topological polar surface area (TPSA) is 78.5 Å². The van der Waals surface area contributed by atoms with Crippen LogP contribution in [0.15, 0.2) is 22.7 Å². The molecule has 1 aliphatic heterocycles. The summed E-state index contributed by atoms with van der Waals surface area (Å²) in [6.07, 6.45) is 3.20. The summed E-state index contributed by atoms with van der Waals surface area (Å²) in [7, 11) is 0. The zero-order valence-corrected chi connectivity index (χ0v) is 14.7. The molecule has 1 fully saturated rings. The van der Waals surface area contributed by atoms with E-state index in [4.69, 9.17) is 11.6 Å². The first-order valence-electron chi connectivity index (χ1n) is 7.29. The summed E-state index contributed by atoms with van der Waals surface area (Å²) >= 11 is 9.21. The van der Waals surface area contributed by atoms with Gasteiger partial charge in [0.05, 0.1) is 10.6 Å².